The first-order chi connectivity index (χ1) is 13.9. The molecule has 2 aromatic rings. The third kappa shape index (κ3) is 3.20. The van der Waals surface area contributed by atoms with Crippen molar-refractivity contribution in [3.63, 3.8) is 0 Å². The predicted molar refractivity (Wildman–Crippen MR) is 103 cm³/mol. The van der Waals surface area contributed by atoms with Crippen molar-refractivity contribution in [3.8, 4) is 0 Å². The second-order valence-electron chi connectivity index (χ2n) is 7.32. The van der Waals surface area contributed by atoms with Gasteiger partial charge in [0.25, 0.3) is 17.7 Å². The van der Waals surface area contributed by atoms with Crippen LogP contribution in [0.4, 0.5) is 14.5 Å². The maximum Gasteiger partial charge on any atom is 0.261 e. The maximum absolute atomic E-state index is 14.1. The summed E-state index contributed by atoms with van der Waals surface area (Å²) in [6.07, 6.45) is 2.53. The van der Waals surface area contributed by atoms with Crippen molar-refractivity contribution < 1.29 is 23.2 Å². The Kier molecular flexibility index (Phi) is 4.90. The van der Waals surface area contributed by atoms with Gasteiger partial charge in [0.1, 0.15) is 11.6 Å². The second kappa shape index (κ2) is 7.39. The summed E-state index contributed by atoms with van der Waals surface area (Å²) in [5, 5.41) is 0. The number of carbonyl (C=O) groups is 3. The third-order valence-electron chi connectivity index (χ3n) is 5.43. The van der Waals surface area contributed by atoms with Gasteiger partial charge in [-0.1, -0.05) is 13.3 Å². The number of halogens is 2. The lowest BCUT2D eigenvalue weighted by Crippen LogP contribution is -2.36. The van der Waals surface area contributed by atoms with E-state index < -0.39 is 23.4 Å². The summed E-state index contributed by atoms with van der Waals surface area (Å²) >= 11 is 0. The molecule has 5 nitrogen and oxygen atoms in total. The molecule has 29 heavy (non-hydrogen) atoms. The lowest BCUT2D eigenvalue weighted by atomic mass is 9.99. The maximum atomic E-state index is 14.1. The van der Waals surface area contributed by atoms with E-state index in [2.05, 4.69) is 0 Å². The van der Waals surface area contributed by atoms with E-state index in [0.29, 0.717) is 37.9 Å². The standard InChI is InChI=1S/C22H20F2N2O3/c1-2-3-8-26-21(28)15-7-6-13(10-17(15)22(26)29)20(27)25-9-4-5-16-18(24)11-14(23)12-19(16)25/h6-7,10-12H,2-5,8-9H2,1H3. The monoisotopic (exact) mass is 398 g/mol. The lowest BCUT2D eigenvalue weighted by molar-refractivity contribution is 0.0652. The van der Waals surface area contributed by atoms with Gasteiger partial charge >= 0.3 is 0 Å². The normalized spacial score (nSPS) is 15.6. The average Bonchev–Trinajstić information content (AvgIpc) is 2.95. The Morgan fingerprint density at radius 1 is 1.07 bits per heavy atom. The Labute approximate surface area is 166 Å². The fraction of sp³-hybridized carbons (Fsp3) is 0.318. The predicted octanol–water partition coefficient (Wildman–Crippen LogP) is 3.95. The first kappa shape index (κ1) is 19.2. The van der Waals surface area contributed by atoms with Crippen LogP contribution in [-0.2, 0) is 6.42 Å². The van der Waals surface area contributed by atoms with E-state index in [0.717, 1.165) is 18.6 Å². The molecule has 0 fully saturated rings. The van der Waals surface area contributed by atoms with Gasteiger partial charge in [-0.3, -0.25) is 19.3 Å². The highest BCUT2D eigenvalue weighted by Gasteiger charge is 2.36. The van der Waals surface area contributed by atoms with Crippen molar-refractivity contribution in [2.45, 2.75) is 32.6 Å². The van der Waals surface area contributed by atoms with Gasteiger partial charge in [-0.25, -0.2) is 8.78 Å². The number of nitrogens with zero attached hydrogens (tertiary/aromatic N) is 2. The van der Waals surface area contributed by atoms with Crippen LogP contribution in [0.15, 0.2) is 30.3 Å². The molecule has 3 amide bonds. The van der Waals surface area contributed by atoms with Gasteiger partial charge < -0.3 is 4.90 Å². The Morgan fingerprint density at radius 3 is 2.59 bits per heavy atom. The summed E-state index contributed by atoms with van der Waals surface area (Å²) in [4.78, 5) is 40.7. The summed E-state index contributed by atoms with van der Waals surface area (Å²) in [5.41, 5.74) is 1.20. The van der Waals surface area contributed by atoms with Crippen LogP contribution in [0.2, 0.25) is 0 Å². The van der Waals surface area contributed by atoms with Crippen LogP contribution in [0.3, 0.4) is 0 Å². The number of hydrogen-bond donors (Lipinski definition) is 0. The minimum Gasteiger partial charge on any atom is -0.308 e. The number of imide groups is 1. The highest BCUT2D eigenvalue weighted by atomic mass is 19.1. The number of hydrogen-bond acceptors (Lipinski definition) is 3. The zero-order valence-corrected chi connectivity index (χ0v) is 16.0. The Morgan fingerprint density at radius 2 is 1.83 bits per heavy atom. The number of rotatable bonds is 4. The summed E-state index contributed by atoms with van der Waals surface area (Å²) in [7, 11) is 0. The number of benzene rings is 2. The molecule has 0 aromatic heterocycles. The Hall–Kier alpha value is -3.09. The number of unbranched alkanes of at least 4 members (excludes halogenated alkanes) is 1. The van der Waals surface area contributed by atoms with Gasteiger partial charge in [-0.05, 0) is 43.5 Å². The quantitative estimate of drug-likeness (QED) is 0.733. The molecule has 4 rings (SSSR count). The zero-order chi connectivity index (χ0) is 20.7. The number of amides is 3. The van der Waals surface area contributed by atoms with E-state index in [1.807, 2.05) is 6.92 Å². The summed E-state index contributed by atoms with van der Waals surface area (Å²) < 4.78 is 27.9. The molecular formula is C22H20F2N2O3. The fourth-order valence-electron chi connectivity index (χ4n) is 3.92. The van der Waals surface area contributed by atoms with Crippen LogP contribution in [0.1, 0.15) is 62.8 Å². The average molecular weight is 398 g/mol. The minimum absolute atomic E-state index is 0.194. The van der Waals surface area contributed by atoms with Crippen molar-refractivity contribution in [2.24, 2.45) is 0 Å². The molecule has 0 aliphatic carbocycles. The molecule has 0 atom stereocenters. The first-order valence-electron chi connectivity index (χ1n) is 9.72. The first-order valence-corrected chi connectivity index (χ1v) is 9.72. The van der Waals surface area contributed by atoms with Crippen LogP contribution < -0.4 is 4.90 Å². The van der Waals surface area contributed by atoms with Gasteiger partial charge in [0.2, 0.25) is 0 Å². The van der Waals surface area contributed by atoms with E-state index in [1.54, 1.807) is 0 Å². The molecule has 7 heteroatoms. The van der Waals surface area contributed by atoms with Crippen molar-refractivity contribution >= 4 is 23.4 Å². The van der Waals surface area contributed by atoms with Crippen molar-refractivity contribution in [1.82, 2.24) is 4.90 Å². The topological polar surface area (TPSA) is 57.7 Å². The van der Waals surface area contributed by atoms with Crippen molar-refractivity contribution in [1.29, 1.82) is 0 Å². The molecule has 2 heterocycles. The van der Waals surface area contributed by atoms with Gasteiger partial charge in [-0.2, -0.15) is 0 Å². The SMILES string of the molecule is CCCCN1C(=O)c2ccc(C(=O)N3CCCc4c(F)cc(F)cc43)cc2C1=O. The summed E-state index contributed by atoms with van der Waals surface area (Å²) in [5.74, 6) is -2.64. The van der Waals surface area contributed by atoms with Crippen LogP contribution in [0.5, 0.6) is 0 Å². The Balaban J connectivity index is 1.67. The van der Waals surface area contributed by atoms with E-state index in [9.17, 15) is 23.2 Å². The van der Waals surface area contributed by atoms with E-state index in [1.165, 1.54) is 28.0 Å². The molecule has 2 aromatic carbocycles. The third-order valence-corrected chi connectivity index (χ3v) is 5.43. The molecule has 0 spiro atoms. The molecule has 2 aliphatic heterocycles. The Bertz CT molecular complexity index is 1030. The largest absolute Gasteiger partial charge is 0.308 e. The molecule has 0 radical (unpaired) electrons. The van der Waals surface area contributed by atoms with Gasteiger partial charge in [0.05, 0.1) is 16.8 Å². The zero-order valence-electron chi connectivity index (χ0n) is 16.0. The van der Waals surface area contributed by atoms with Crippen molar-refractivity contribution in [3.05, 3.63) is 64.2 Å². The highest BCUT2D eigenvalue weighted by Crippen LogP contribution is 2.32. The van der Waals surface area contributed by atoms with E-state index in [4.69, 9.17) is 0 Å². The smallest absolute Gasteiger partial charge is 0.261 e. The van der Waals surface area contributed by atoms with Gasteiger partial charge in [-0.15, -0.1) is 0 Å². The minimum atomic E-state index is -0.748. The molecule has 2 aliphatic rings. The van der Waals surface area contributed by atoms with Gasteiger partial charge in [0, 0.05) is 30.3 Å². The van der Waals surface area contributed by atoms with Gasteiger partial charge in [0.15, 0.2) is 0 Å². The fourth-order valence-corrected chi connectivity index (χ4v) is 3.92. The molecule has 0 saturated heterocycles. The lowest BCUT2D eigenvalue weighted by Gasteiger charge is -2.30. The summed E-state index contributed by atoms with van der Waals surface area (Å²) in [6.45, 7) is 2.63. The van der Waals surface area contributed by atoms with Crippen LogP contribution in [0, 0.1) is 11.6 Å². The van der Waals surface area contributed by atoms with Crippen LogP contribution >= 0.6 is 0 Å². The van der Waals surface area contributed by atoms with Crippen molar-refractivity contribution in [2.75, 3.05) is 18.0 Å². The second-order valence-corrected chi connectivity index (χ2v) is 7.32. The molecule has 0 N–H and O–H groups in total. The van der Waals surface area contributed by atoms with Crippen LogP contribution in [-0.4, -0.2) is 35.7 Å². The van der Waals surface area contributed by atoms with E-state index in [-0.39, 0.29) is 28.3 Å². The molecule has 0 unspecified atom stereocenters. The summed E-state index contributed by atoms with van der Waals surface area (Å²) in [6, 6.07) is 6.35. The molecule has 0 saturated carbocycles. The highest BCUT2D eigenvalue weighted by molar-refractivity contribution is 6.22. The molecule has 150 valence electrons. The van der Waals surface area contributed by atoms with Crippen LogP contribution in [0.25, 0.3) is 0 Å². The molecular weight excluding hydrogens is 378 g/mol. The number of fused-ring (bicyclic) bond motifs is 2. The number of anilines is 1. The molecule has 0 bridgehead atoms. The van der Waals surface area contributed by atoms with E-state index >= 15 is 0 Å². The number of carbonyl (C=O) groups excluding carboxylic acids is 3.